The molecule has 2 aromatic rings. The van der Waals surface area contributed by atoms with Crippen molar-refractivity contribution in [3.63, 3.8) is 0 Å². The Hall–Kier alpha value is -1.64. The van der Waals surface area contributed by atoms with Gasteiger partial charge >= 0.3 is 0 Å². The van der Waals surface area contributed by atoms with E-state index in [9.17, 15) is 9.90 Å². The van der Waals surface area contributed by atoms with Gasteiger partial charge in [-0.3, -0.25) is 9.69 Å². The highest BCUT2D eigenvalue weighted by Gasteiger charge is 2.33. The number of aliphatic hydroxyl groups excluding tert-OH is 1. The van der Waals surface area contributed by atoms with Gasteiger partial charge in [0.1, 0.15) is 12.4 Å². The second-order valence-corrected chi connectivity index (χ2v) is 9.49. The fourth-order valence-electron chi connectivity index (χ4n) is 3.82. The van der Waals surface area contributed by atoms with Crippen molar-refractivity contribution in [2.75, 3.05) is 40.0 Å². The zero-order chi connectivity index (χ0) is 22.4. The number of halogens is 1. The molecule has 0 bridgehead atoms. The minimum absolute atomic E-state index is 0.0415. The number of amides is 1. The summed E-state index contributed by atoms with van der Waals surface area (Å²) in [5.74, 6) is 0.769. The first-order valence-corrected chi connectivity index (χ1v) is 11.8. The van der Waals surface area contributed by atoms with Gasteiger partial charge in [0.2, 0.25) is 5.91 Å². The number of benzene rings is 1. The molecule has 0 unspecified atom stereocenters. The number of hydrogen-bond donors (Lipinski definition) is 1. The molecule has 1 aliphatic rings. The van der Waals surface area contributed by atoms with Crippen LogP contribution in [0.3, 0.4) is 0 Å². The van der Waals surface area contributed by atoms with E-state index in [-0.39, 0.29) is 31.1 Å². The minimum Gasteiger partial charge on any atom is -0.491 e. The molecule has 0 fully saturated rings. The van der Waals surface area contributed by atoms with E-state index in [4.69, 9.17) is 21.1 Å². The Labute approximate surface area is 193 Å². The van der Waals surface area contributed by atoms with Gasteiger partial charge in [0, 0.05) is 36.1 Å². The molecule has 31 heavy (non-hydrogen) atoms. The molecule has 2 atom stereocenters. The van der Waals surface area contributed by atoms with Crippen LogP contribution in [0.1, 0.15) is 30.3 Å². The lowest BCUT2D eigenvalue weighted by Crippen LogP contribution is -2.49. The van der Waals surface area contributed by atoms with E-state index < -0.39 is 6.10 Å². The van der Waals surface area contributed by atoms with Crippen molar-refractivity contribution in [2.45, 2.75) is 38.5 Å². The van der Waals surface area contributed by atoms with Gasteiger partial charge in [0.05, 0.1) is 25.3 Å². The van der Waals surface area contributed by atoms with E-state index in [1.54, 1.807) is 30.6 Å². The van der Waals surface area contributed by atoms with Crippen molar-refractivity contribution in [3.05, 3.63) is 51.2 Å². The van der Waals surface area contributed by atoms with Crippen LogP contribution in [0, 0.1) is 0 Å². The Morgan fingerprint density at radius 3 is 2.74 bits per heavy atom. The van der Waals surface area contributed by atoms with Crippen LogP contribution in [-0.4, -0.2) is 72.9 Å². The molecular weight excluding hydrogens is 436 g/mol. The lowest BCUT2D eigenvalue weighted by Gasteiger charge is -2.38. The Balaban J connectivity index is 1.72. The van der Waals surface area contributed by atoms with Crippen molar-refractivity contribution >= 4 is 28.8 Å². The van der Waals surface area contributed by atoms with Gasteiger partial charge < -0.3 is 19.5 Å². The average Bonchev–Trinajstić information content (AvgIpc) is 3.21. The molecule has 1 aromatic heterocycles. The monoisotopic (exact) mass is 466 g/mol. The summed E-state index contributed by atoms with van der Waals surface area (Å²) in [4.78, 5) is 18.6. The van der Waals surface area contributed by atoms with Crippen molar-refractivity contribution in [1.82, 2.24) is 9.80 Å². The quantitative estimate of drug-likeness (QED) is 0.579. The number of thiophene rings is 1. The number of carbonyl (C=O) groups is 1. The smallest absolute Gasteiger partial charge is 0.237 e. The lowest BCUT2D eigenvalue weighted by atomic mass is 10.00. The van der Waals surface area contributed by atoms with Crippen LogP contribution in [0.5, 0.6) is 5.75 Å². The summed E-state index contributed by atoms with van der Waals surface area (Å²) in [5, 5.41) is 12.9. The molecule has 0 radical (unpaired) electrons. The number of fused-ring (bicyclic) bond motifs is 1. The van der Waals surface area contributed by atoms with Crippen LogP contribution in [0.2, 0.25) is 5.02 Å². The standard InChI is InChI=1S/C23H31ClN2O4S/c1-16(2)25(12-18(27)14-29-3)13-23(28)26-10-8-22-20(9-11-31-22)21(26)15-30-19-6-4-17(24)5-7-19/h4-7,9,11,16,18,21,27H,8,10,12-15H2,1-3H3/t18-,21+/m0/s1. The lowest BCUT2D eigenvalue weighted by molar-refractivity contribution is -0.137. The summed E-state index contributed by atoms with van der Waals surface area (Å²) < 4.78 is 11.1. The first kappa shape index (κ1) is 24.0. The molecule has 2 heterocycles. The maximum absolute atomic E-state index is 13.4. The number of rotatable bonds is 10. The normalized spacial score (nSPS) is 17.1. The Morgan fingerprint density at radius 1 is 1.32 bits per heavy atom. The van der Waals surface area contributed by atoms with Gasteiger partial charge in [-0.15, -0.1) is 11.3 Å². The van der Waals surface area contributed by atoms with Crippen LogP contribution in [0.25, 0.3) is 0 Å². The van der Waals surface area contributed by atoms with E-state index >= 15 is 0 Å². The van der Waals surface area contributed by atoms with Crippen LogP contribution in [-0.2, 0) is 16.0 Å². The van der Waals surface area contributed by atoms with Crippen LogP contribution in [0.15, 0.2) is 35.7 Å². The summed E-state index contributed by atoms with van der Waals surface area (Å²) in [6.45, 7) is 5.98. The van der Waals surface area contributed by atoms with Crippen molar-refractivity contribution in [1.29, 1.82) is 0 Å². The van der Waals surface area contributed by atoms with Crippen LogP contribution >= 0.6 is 22.9 Å². The topological polar surface area (TPSA) is 62.2 Å². The third-order valence-corrected chi connectivity index (χ3v) is 6.76. The molecule has 6 nitrogen and oxygen atoms in total. The highest BCUT2D eigenvalue weighted by molar-refractivity contribution is 7.10. The molecule has 1 aromatic carbocycles. The molecule has 1 N–H and O–H groups in total. The summed E-state index contributed by atoms with van der Waals surface area (Å²) in [7, 11) is 1.56. The molecule has 3 rings (SSSR count). The van der Waals surface area contributed by atoms with Crippen molar-refractivity contribution < 1.29 is 19.4 Å². The van der Waals surface area contributed by atoms with Gasteiger partial charge in [-0.2, -0.15) is 0 Å². The average molecular weight is 467 g/mol. The molecular formula is C23H31ClN2O4S. The fourth-order valence-corrected chi connectivity index (χ4v) is 4.87. The number of hydrogen-bond acceptors (Lipinski definition) is 6. The van der Waals surface area contributed by atoms with E-state index in [1.165, 1.54) is 4.88 Å². The molecule has 1 aliphatic heterocycles. The zero-order valence-corrected chi connectivity index (χ0v) is 19.9. The molecule has 0 aliphatic carbocycles. The van der Waals surface area contributed by atoms with E-state index in [0.29, 0.717) is 24.7 Å². The maximum atomic E-state index is 13.4. The van der Waals surface area contributed by atoms with Crippen molar-refractivity contribution in [2.24, 2.45) is 0 Å². The Bertz CT molecular complexity index is 842. The first-order valence-electron chi connectivity index (χ1n) is 10.5. The second kappa shape index (κ2) is 11.3. The molecule has 1 amide bonds. The summed E-state index contributed by atoms with van der Waals surface area (Å²) >= 11 is 7.70. The Morgan fingerprint density at radius 2 is 2.06 bits per heavy atom. The molecule has 0 saturated heterocycles. The number of ether oxygens (including phenoxy) is 2. The van der Waals surface area contributed by atoms with Gasteiger partial charge in [-0.1, -0.05) is 11.6 Å². The Kier molecular flexibility index (Phi) is 8.75. The van der Waals surface area contributed by atoms with Crippen LogP contribution in [0.4, 0.5) is 0 Å². The summed E-state index contributed by atoms with van der Waals surface area (Å²) in [6.07, 6.45) is 0.221. The molecule has 0 spiro atoms. The van der Waals surface area contributed by atoms with E-state index in [1.807, 2.05) is 35.8 Å². The number of nitrogens with zero attached hydrogens (tertiary/aromatic N) is 2. The predicted octanol–water partition coefficient (Wildman–Crippen LogP) is 3.62. The first-order chi connectivity index (χ1) is 14.9. The largest absolute Gasteiger partial charge is 0.491 e. The minimum atomic E-state index is -0.630. The predicted molar refractivity (Wildman–Crippen MR) is 124 cm³/mol. The number of methoxy groups -OCH3 is 1. The SMILES string of the molecule is COC[C@@H](O)CN(CC(=O)N1CCc2sccc2[C@H]1COc1ccc(Cl)cc1)C(C)C. The summed E-state index contributed by atoms with van der Waals surface area (Å²) in [6, 6.07) is 9.34. The third-order valence-electron chi connectivity index (χ3n) is 5.51. The van der Waals surface area contributed by atoms with Crippen molar-refractivity contribution in [3.8, 4) is 5.75 Å². The van der Waals surface area contributed by atoms with Gasteiger partial charge in [-0.25, -0.2) is 0 Å². The highest BCUT2D eigenvalue weighted by atomic mass is 35.5. The fraction of sp³-hybridized carbons (Fsp3) is 0.522. The number of carbonyl (C=O) groups excluding carboxylic acids is 1. The van der Waals surface area contributed by atoms with Crippen LogP contribution < -0.4 is 4.74 Å². The summed E-state index contributed by atoms with van der Waals surface area (Å²) in [5.41, 5.74) is 1.16. The molecule has 8 heteroatoms. The van der Waals surface area contributed by atoms with Gasteiger partial charge in [-0.05, 0) is 61.5 Å². The maximum Gasteiger partial charge on any atom is 0.237 e. The second-order valence-electron chi connectivity index (χ2n) is 8.05. The number of aliphatic hydroxyl groups is 1. The van der Waals surface area contributed by atoms with E-state index in [0.717, 1.165) is 17.7 Å². The third kappa shape index (κ3) is 6.43. The zero-order valence-electron chi connectivity index (χ0n) is 18.3. The highest BCUT2D eigenvalue weighted by Crippen LogP contribution is 2.34. The van der Waals surface area contributed by atoms with Gasteiger partial charge in [0.25, 0.3) is 0 Å². The van der Waals surface area contributed by atoms with Gasteiger partial charge in [0.15, 0.2) is 0 Å². The molecule has 170 valence electrons. The van der Waals surface area contributed by atoms with E-state index in [2.05, 4.69) is 11.4 Å². The molecule has 0 saturated carbocycles.